The van der Waals surface area contributed by atoms with Crippen molar-refractivity contribution in [2.24, 2.45) is 4.99 Å². The normalized spacial score (nSPS) is 23.1. The van der Waals surface area contributed by atoms with Gasteiger partial charge in [0.05, 0.1) is 24.1 Å². The summed E-state index contributed by atoms with van der Waals surface area (Å²) in [5.74, 6) is 0.417. The third-order valence-corrected chi connectivity index (χ3v) is 8.55. The standard InChI is InChI=1S/C21H24N2O2S2/c1-14-4-7-17(8-5-14)11-23(18-9-6-15(2)16(3)10-18)21-22-19-12-27(24,25)13-20(19)26-21/h4-10,19-20H,11-13H2,1-3H3. The van der Waals surface area contributed by atoms with Crippen molar-refractivity contribution < 1.29 is 8.42 Å². The minimum absolute atomic E-state index is 0.0528. The number of benzene rings is 2. The molecule has 1 saturated heterocycles. The van der Waals surface area contributed by atoms with Crippen LogP contribution in [0.5, 0.6) is 0 Å². The van der Waals surface area contributed by atoms with E-state index in [0.717, 1.165) is 17.4 Å². The molecule has 2 aromatic rings. The van der Waals surface area contributed by atoms with E-state index in [1.54, 1.807) is 11.8 Å². The Kier molecular flexibility index (Phi) is 4.80. The molecule has 1 fully saturated rings. The van der Waals surface area contributed by atoms with Crippen molar-refractivity contribution in [1.82, 2.24) is 0 Å². The van der Waals surface area contributed by atoms with Crippen LogP contribution < -0.4 is 4.90 Å². The highest BCUT2D eigenvalue weighted by atomic mass is 32.2. The molecule has 142 valence electrons. The molecule has 0 spiro atoms. The first-order chi connectivity index (χ1) is 12.8. The number of amidine groups is 1. The predicted octanol–water partition coefficient (Wildman–Crippen LogP) is 3.89. The Hall–Kier alpha value is -1.79. The van der Waals surface area contributed by atoms with Gasteiger partial charge >= 0.3 is 0 Å². The van der Waals surface area contributed by atoms with Crippen molar-refractivity contribution in [3.8, 4) is 0 Å². The molecule has 0 saturated carbocycles. The quantitative estimate of drug-likeness (QED) is 0.784. The van der Waals surface area contributed by atoms with E-state index in [1.165, 1.54) is 22.3 Å². The molecule has 2 heterocycles. The molecule has 2 aromatic carbocycles. The van der Waals surface area contributed by atoms with Crippen molar-refractivity contribution >= 4 is 32.5 Å². The Bertz CT molecular complexity index is 997. The summed E-state index contributed by atoms with van der Waals surface area (Å²) >= 11 is 1.62. The molecule has 2 aliphatic heterocycles. The van der Waals surface area contributed by atoms with Crippen LogP contribution in [0.4, 0.5) is 5.69 Å². The third kappa shape index (κ3) is 3.92. The number of hydrogen-bond acceptors (Lipinski definition) is 5. The van der Waals surface area contributed by atoms with Crippen LogP contribution >= 0.6 is 11.8 Å². The smallest absolute Gasteiger partial charge is 0.164 e. The molecule has 0 amide bonds. The van der Waals surface area contributed by atoms with Crippen LogP contribution in [0, 0.1) is 20.8 Å². The Morgan fingerprint density at radius 1 is 1.04 bits per heavy atom. The Labute approximate surface area is 165 Å². The monoisotopic (exact) mass is 400 g/mol. The molecule has 2 unspecified atom stereocenters. The molecule has 0 aromatic heterocycles. The number of anilines is 1. The van der Waals surface area contributed by atoms with Gasteiger partial charge in [-0.15, -0.1) is 0 Å². The SMILES string of the molecule is Cc1ccc(CN(C2=NC3CS(=O)(=O)CC3S2)c2ccc(C)c(C)c2)cc1. The zero-order chi connectivity index (χ0) is 19.2. The zero-order valence-corrected chi connectivity index (χ0v) is 17.5. The van der Waals surface area contributed by atoms with Gasteiger partial charge in [-0.3, -0.25) is 4.99 Å². The van der Waals surface area contributed by atoms with Gasteiger partial charge in [-0.05, 0) is 49.6 Å². The molecule has 4 rings (SSSR count). The lowest BCUT2D eigenvalue weighted by Gasteiger charge is -2.25. The van der Waals surface area contributed by atoms with Gasteiger partial charge in [0, 0.05) is 10.9 Å². The molecule has 27 heavy (non-hydrogen) atoms. The maximum atomic E-state index is 11.9. The van der Waals surface area contributed by atoms with E-state index >= 15 is 0 Å². The van der Waals surface area contributed by atoms with Gasteiger partial charge in [-0.2, -0.15) is 0 Å². The van der Waals surface area contributed by atoms with Crippen LogP contribution in [0.1, 0.15) is 22.3 Å². The van der Waals surface area contributed by atoms with Crippen molar-refractivity contribution in [3.63, 3.8) is 0 Å². The van der Waals surface area contributed by atoms with Gasteiger partial charge < -0.3 is 4.90 Å². The van der Waals surface area contributed by atoms with E-state index < -0.39 is 9.84 Å². The van der Waals surface area contributed by atoms with Crippen LogP contribution in [-0.2, 0) is 16.4 Å². The van der Waals surface area contributed by atoms with Gasteiger partial charge in [0.15, 0.2) is 15.0 Å². The molecule has 2 aliphatic rings. The fraction of sp³-hybridized carbons (Fsp3) is 0.381. The van der Waals surface area contributed by atoms with Crippen molar-refractivity contribution in [2.75, 3.05) is 16.4 Å². The second-order valence-corrected chi connectivity index (χ2v) is 10.9. The lowest BCUT2D eigenvalue weighted by atomic mass is 10.1. The van der Waals surface area contributed by atoms with E-state index in [0.29, 0.717) is 0 Å². The fourth-order valence-corrected chi connectivity index (χ4v) is 7.29. The van der Waals surface area contributed by atoms with Crippen LogP contribution in [0.2, 0.25) is 0 Å². The predicted molar refractivity (Wildman–Crippen MR) is 115 cm³/mol. The van der Waals surface area contributed by atoms with Gasteiger partial charge in [0.1, 0.15) is 0 Å². The molecule has 0 N–H and O–H groups in total. The van der Waals surface area contributed by atoms with Gasteiger partial charge in [-0.25, -0.2) is 8.42 Å². The molecule has 6 heteroatoms. The number of aryl methyl sites for hydroxylation is 3. The first kappa shape index (κ1) is 18.6. The number of rotatable bonds is 3. The van der Waals surface area contributed by atoms with E-state index in [-0.39, 0.29) is 22.8 Å². The van der Waals surface area contributed by atoms with Crippen LogP contribution in [0.15, 0.2) is 47.5 Å². The maximum absolute atomic E-state index is 11.9. The van der Waals surface area contributed by atoms with E-state index in [4.69, 9.17) is 4.99 Å². The molecule has 0 radical (unpaired) electrons. The third-order valence-electron chi connectivity index (χ3n) is 5.30. The lowest BCUT2D eigenvalue weighted by molar-refractivity contribution is 0.601. The minimum Gasteiger partial charge on any atom is -0.317 e. The Balaban J connectivity index is 1.68. The van der Waals surface area contributed by atoms with Crippen molar-refractivity contribution in [2.45, 2.75) is 38.6 Å². The highest BCUT2D eigenvalue weighted by molar-refractivity contribution is 8.15. The number of nitrogens with zero attached hydrogens (tertiary/aromatic N) is 2. The van der Waals surface area contributed by atoms with Crippen LogP contribution in [0.3, 0.4) is 0 Å². The summed E-state index contributed by atoms with van der Waals surface area (Å²) in [6.07, 6.45) is 0. The van der Waals surface area contributed by atoms with Crippen LogP contribution in [0.25, 0.3) is 0 Å². The summed E-state index contributed by atoms with van der Waals surface area (Å²) in [6.45, 7) is 7.04. The second kappa shape index (κ2) is 6.99. The summed E-state index contributed by atoms with van der Waals surface area (Å²) in [5, 5.41) is 0.987. The fourth-order valence-electron chi connectivity index (χ4n) is 3.51. The first-order valence-corrected chi connectivity index (χ1v) is 11.9. The summed E-state index contributed by atoms with van der Waals surface area (Å²) in [6, 6.07) is 14.9. The largest absolute Gasteiger partial charge is 0.317 e. The molecule has 2 atom stereocenters. The summed E-state index contributed by atoms with van der Waals surface area (Å²) in [7, 11) is -2.94. The summed E-state index contributed by atoms with van der Waals surface area (Å²) < 4.78 is 23.8. The molecule has 4 nitrogen and oxygen atoms in total. The zero-order valence-electron chi connectivity index (χ0n) is 15.8. The summed E-state index contributed by atoms with van der Waals surface area (Å²) in [4.78, 5) is 7.04. The number of hydrogen-bond donors (Lipinski definition) is 0. The van der Waals surface area contributed by atoms with Crippen LogP contribution in [-0.4, -0.2) is 36.4 Å². The molecule has 0 aliphatic carbocycles. The van der Waals surface area contributed by atoms with Crippen molar-refractivity contribution in [3.05, 3.63) is 64.7 Å². The minimum atomic E-state index is -2.94. The van der Waals surface area contributed by atoms with Gasteiger partial charge in [-0.1, -0.05) is 47.7 Å². The average molecular weight is 401 g/mol. The number of sulfone groups is 1. The maximum Gasteiger partial charge on any atom is 0.164 e. The van der Waals surface area contributed by atoms with Gasteiger partial charge in [0.25, 0.3) is 0 Å². The first-order valence-electron chi connectivity index (χ1n) is 9.16. The topological polar surface area (TPSA) is 49.7 Å². The average Bonchev–Trinajstić information content (AvgIpc) is 3.10. The van der Waals surface area contributed by atoms with Gasteiger partial charge in [0.2, 0.25) is 0 Å². The highest BCUT2D eigenvalue weighted by Crippen LogP contribution is 2.37. The van der Waals surface area contributed by atoms with Crippen molar-refractivity contribution in [1.29, 1.82) is 0 Å². The van der Waals surface area contributed by atoms with E-state index in [1.807, 2.05) is 0 Å². The molecule has 0 bridgehead atoms. The number of thioether (sulfide) groups is 1. The summed E-state index contributed by atoms with van der Waals surface area (Å²) in [5.41, 5.74) is 6.06. The second-order valence-electron chi connectivity index (χ2n) is 7.55. The molecular formula is C21H24N2O2S2. The highest BCUT2D eigenvalue weighted by Gasteiger charge is 2.44. The number of fused-ring (bicyclic) bond motifs is 1. The Morgan fingerprint density at radius 3 is 2.44 bits per heavy atom. The number of aliphatic imine (C=N–C) groups is 1. The van der Waals surface area contributed by atoms with E-state index in [9.17, 15) is 8.42 Å². The van der Waals surface area contributed by atoms with E-state index in [2.05, 4.69) is 68.1 Å². The molecular weight excluding hydrogens is 376 g/mol. The Morgan fingerprint density at radius 2 is 1.78 bits per heavy atom. The lowest BCUT2D eigenvalue weighted by Crippen LogP contribution is -2.28.